The fraction of sp³-hybridized carbons (Fsp3) is 0.250. The molecule has 2 aromatic rings. The maximum atomic E-state index is 13.0. The summed E-state index contributed by atoms with van der Waals surface area (Å²) in [4.78, 5) is 14.2. The number of halogens is 1. The monoisotopic (exact) mass is 324 g/mol. The first-order valence-electron chi connectivity index (χ1n) is 8.11. The summed E-state index contributed by atoms with van der Waals surface area (Å²) in [6.07, 6.45) is 2.81. The SMILES string of the molecule is Cc1ccc(NC(=O)N2CC=C(c3ccc(F)cc3)CC2)c(C)c1. The van der Waals surface area contributed by atoms with Crippen molar-refractivity contribution in [1.29, 1.82) is 0 Å². The second-order valence-electron chi connectivity index (χ2n) is 6.18. The van der Waals surface area contributed by atoms with E-state index in [4.69, 9.17) is 0 Å². The smallest absolute Gasteiger partial charge is 0.320 e. The van der Waals surface area contributed by atoms with Gasteiger partial charge in [-0.15, -0.1) is 0 Å². The van der Waals surface area contributed by atoms with Gasteiger partial charge < -0.3 is 10.2 Å². The predicted molar refractivity (Wildman–Crippen MR) is 95.5 cm³/mol. The average Bonchev–Trinajstić information content (AvgIpc) is 2.58. The molecule has 124 valence electrons. The Kier molecular flexibility index (Phi) is 4.65. The number of aryl methyl sites for hydroxylation is 2. The van der Waals surface area contributed by atoms with Crippen LogP contribution in [0.15, 0.2) is 48.5 Å². The highest BCUT2D eigenvalue weighted by Crippen LogP contribution is 2.23. The van der Waals surface area contributed by atoms with E-state index in [-0.39, 0.29) is 11.8 Å². The molecule has 1 aliphatic heterocycles. The zero-order valence-electron chi connectivity index (χ0n) is 14.0. The highest BCUT2D eigenvalue weighted by molar-refractivity contribution is 5.90. The van der Waals surface area contributed by atoms with Crippen molar-refractivity contribution in [2.75, 3.05) is 18.4 Å². The lowest BCUT2D eigenvalue weighted by Crippen LogP contribution is -2.38. The Bertz CT molecular complexity index is 781. The molecule has 2 aromatic carbocycles. The molecular weight excluding hydrogens is 303 g/mol. The van der Waals surface area contributed by atoms with Gasteiger partial charge in [-0.3, -0.25) is 0 Å². The van der Waals surface area contributed by atoms with E-state index >= 15 is 0 Å². The summed E-state index contributed by atoms with van der Waals surface area (Å²) in [7, 11) is 0. The van der Waals surface area contributed by atoms with E-state index in [1.165, 1.54) is 17.7 Å². The topological polar surface area (TPSA) is 32.3 Å². The molecule has 0 atom stereocenters. The lowest BCUT2D eigenvalue weighted by atomic mass is 10.00. The number of amides is 2. The van der Waals surface area contributed by atoms with Crippen LogP contribution in [0.3, 0.4) is 0 Å². The van der Waals surface area contributed by atoms with E-state index in [1.807, 2.05) is 32.1 Å². The summed E-state index contributed by atoms with van der Waals surface area (Å²) in [6, 6.07) is 12.4. The molecule has 0 aromatic heterocycles. The number of hydrogen-bond donors (Lipinski definition) is 1. The Hall–Kier alpha value is -2.62. The summed E-state index contributed by atoms with van der Waals surface area (Å²) >= 11 is 0. The van der Waals surface area contributed by atoms with Crippen molar-refractivity contribution in [3.63, 3.8) is 0 Å². The Morgan fingerprint density at radius 2 is 1.88 bits per heavy atom. The third kappa shape index (κ3) is 3.65. The molecule has 0 saturated carbocycles. The summed E-state index contributed by atoms with van der Waals surface area (Å²) < 4.78 is 13.0. The van der Waals surface area contributed by atoms with Crippen molar-refractivity contribution in [3.8, 4) is 0 Å². The van der Waals surface area contributed by atoms with Gasteiger partial charge in [0.2, 0.25) is 0 Å². The van der Waals surface area contributed by atoms with Gasteiger partial charge in [-0.2, -0.15) is 0 Å². The molecule has 0 unspecified atom stereocenters. The lowest BCUT2D eigenvalue weighted by molar-refractivity contribution is 0.217. The molecule has 0 radical (unpaired) electrons. The third-order valence-electron chi connectivity index (χ3n) is 4.33. The van der Waals surface area contributed by atoms with Crippen molar-refractivity contribution in [1.82, 2.24) is 4.90 Å². The molecule has 4 heteroatoms. The van der Waals surface area contributed by atoms with Crippen LogP contribution in [0, 0.1) is 19.7 Å². The Balaban J connectivity index is 1.65. The maximum absolute atomic E-state index is 13.0. The fourth-order valence-electron chi connectivity index (χ4n) is 2.93. The fourth-order valence-corrected chi connectivity index (χ4v) is 2.93. The van der Waals surface area contributed by atoms with E-state index < -0.39 is 0 Å². The van der Waals surface area contributed by atoms with Crippen molar-refractivity contribution in [2.45, 2.75) is 20.3 Å². The Morgan fingerprint density at radius 1 is 1.12 bits per heavy atom. The quantitative estimate of drug-likeness (QED) is 0.848. The number of urea groups is 1. The van der Waals surface area contributed by atoms with Crippen molar-refractivity contribution >= 4 is 17.3 Å². The first kappa shape index (κ1) is 16.2. The zero-order valence-corrected chi connectivity index (χ0v) is 14.0. The molecule has 0 fully saturated rings. The van der Waals surface area contributed by atoms with Crippen LogP contribution in [0.5, 0.6) is 0 Å². The van der Waals surface area contributed by atoms with Gasteiger partial charge in [-0.05, 0) is 55.2 Å². The summed E-state index contributed by atoms with van der Waals surface area (Å²) in [6.45, 7) is 5.24. The highest BCUT2D eigenvalue weighted by atomic mass is 19.1. The average molecular weight is 324 g/mol. The van der Waals surface area contributed by atoms with Crippen LogP contribution >= 0.6 is 0 Å². The van der Waals surface area contributed by atoms with Crippen LogP contribution in [0.25, 0.3) is 5.57 Å². The highest BCUT2D eigenvalue weighted by Gasteiger charge is 2.18. The second-order valence-corrected chi connectivity index (χ2v) is 6.18. The van der Waals surface area contributed by atoms with E-state index in [0.29, 0.717) is 13.1 Å². The predicted octanol–water partition coefficient (Wildman–Crippen LogP) is 4.76. The van der Waals surface area contributed by atoms with Crippen molar-refractivity contribution in [2.24, 2.45) is 0 Å². The van der Waals surface area contributed by atoms with E-state index in [9.17, 15) is 9.18 Å². The number of rotatable bonds is 2. The number of benzene rings is 2. The Labute approximate surface area is 141 Å². The van der Waals surface area contributed by atoms with Gasteiger partial charge in [0.25, 0.3) is 0 Å². The van der Waals surface area contributed by atoms with Crippen LogP contribution < -0.4 is 5.32 Å². The van der Waals surface area contributed by atoms with Crippen molar-refractivity contribution < 1.29 is 9.18 Å². The number of nitrogens with zero attached hydrogens (tertiary/aromatic N) is 1. The van der Waals surface area contributed by atoms with Gasteiger partial charge in [-0.25, -0.2) is 9.18 Å². The number of hydrogen-bond acceptors (Lipinski definition) is 1. The van der Waals surface area contributed by atoms with Gasteiger partial charge in [0, 0.05) is 18.8 Å². The minimum atomic E-state index is -0.232. The molecule has 3 nitrogen and oxygen atoms in total. The van der Waals surface area contributed by atoms with Crippen LogP contribution in [0.2, 0.25) is 0 Å². The molecule has 0 spiro atoms. The zero-order chi connectivity index (χ0) is 17.1. The van der Waals surface area contributed by atoms with Gasteiger partial charge in [0.05, 0.1) is 0 Å². The first-order valence-corrected chi connectivity index (χ1v) is 8.11. The van der Waals surface area contributed by atoms with Crippen LogP contribution in [-0.4, -0.2) is 24.0 Å². The standard InChI is InChI=1S/C20H21FN2O/c1-14-3-8-19(15(2)13-14)22-20(24)23-11-9-17(10-12-23)16-4-6-18(21)7-5-16/h3-9,13H,10-12H2,1-2H3,(H,22,24). The molecule has 3 rings (SSSR count). The molecule has 24 heavy (non-hydrogen) atoms. The summed E-state index contributed by atoms with van der Waals surface area (Å²) in [5.41, 5.74) is 5.26. The molecule has 0 bridgehead atoms. The summed E-state index contributed by atoms with van der Waals surface area (Å²) in [5, 5.41) is 2.98. The molecule has 1 N–H and O–H groups in total. The van der Waals surface area contributed by atoms with E-state index in [0.717, 1.165) is 28.8 Å². The minimum Gasteiger partial charge on any atom is -0.320 e. The first-order chi connectivity index (χ1) is 11.5. The van der Waals surface area contributed by atoms with Crippen molar-refractivity contribution in [3.05, 3.63) is 71.0 Å². The molecular formula is C20H21FN2O. The second kappa shape index (κ2) is 6.87. The molecule has 0 aliphatic carbocycles. The van der Waals surface area contributed by atoms with Gasteiger partial charge >= 0.3 is 6.03 Å². The van der Waals surface area contributed by atoms with Gasteiger partial charge in [0.15, 0.2) is 0 Å². The van der Waals surface area contributed by atoms with Crippen LogP contribution in [-0.2, 0) is 0 Å². The normalized spacial score (nSPS) is 14.3. The number of carbonyl (C=O) groups is 1. The van der Waals surface area contributed by atoms with Crippen LogP contribution in [0.1, 0.15) is 23.1 Å². The summed E-state index contributed by atoms with van der Waals surface area (Å²) in [5.74, 6) is -0.232. The number of carbonyl (C=O) groups excluding carboxylic acids is 1. The molecule has 0 saturated heterocycles. The van der Waals surface area contributed by atoms with Gasteiger partial charge in [-0.1, -0.05) is 35.9 Å². The maximum Gasteiger partial charge on any atom is 0.322 e. The Morgan fingerprint density at radius 3 is 2.50 bits per heavy atom. The van der Waals surface area contributed by atoms with E-state index in [2.05, 4.69) is 11.4 Å². The molecule has 2 amide bonds. The van der Waals surface area contributed by atoms with Crippen LogP contribution in [0.4, 0.5) is 14.9 Å². The number of anilines is 1. The minimum absolute atomic E-state index is 0.0867. The molecule has 1 heterocycles. The molecule has 1 aliphatic rings. The lowest BCUT2D eigenvalue weighted by Gasteiger charge is -2.27. The number of nitrogens with one attached hydrogen (secondary N) is 1. The van der Waals surface area contributed by atoms with Gasteiger partial charge in [0.1, 0.15) is 5.82 Å². The third-order valence-corrected chi connectivity index (χ3v) is 4.33. The van der Waals surface area contributed by atoms with E-state index in [1.54, 1.807) is 17.0 Å². The largest absolute Gasteiger partial charge is 0.322 e.